The summed E-state index contributed by atoms with van der Waals surface area (Å²) >= 11 is 0. The summed E-state index contributed by atoms with van der Waals surface area (Å²) < 4.78 is 13.2. The Morgan fingerprint density at radius 3 is 2.23 bits per heavy atom. The molecule has 1 heterocycles. The van der Waals surface area contributed by atoms with Gasteiger partial charge in [-0.2, -0.15) is 0 Å². The predicted octanol–water partition coefficient (Wildman–Crippen LogP) is 0.942. The number of piperazine rings is 1. The van der Waals surface area contributed by atoms with Gasteiger partial charge in [-0.3, -0.25) is 0 Å². The minimum atomic E-state index is -0.790. The molecule has 1 aliphatic rings. The second-order valence-corrected chi connectivity index (χ2v) is 4.49. The van der Waals surface area contributed by atoms with Crippen molar-refractivity contribution in [3.63, 3.8) is 0 Å². The Labute approximate surface area is 84.7 Å². The van der Waals surface area contributed by atoms with Crippen LogP contribution in [0.15, 0.2) is 0 Å². The lowest BCUT2D eigenvalue weighted by molar-refractivity contribution is 0.176. The van der Waals surface area contributed by atoms with Crippen molar-refractivity contribution < 1.29 is 4.21 Å². The summed E-state index contributed by atoms with van der Waals surface area (Å²) in [6.45, 7) is 9.11. The van der Waals surface area contributed by atoms with Gasteiger partial charge in [0.2, 0.25) is 0 Å². The fraction of sp³-hybridized carbons (Fsp3) is 1.00. The minimum Gasteiger partial charge on any atom is -0.303 e. The average molecular weight is 206 g/mol. The minimum absolute atomic E-state index is 0.430. The molecular formula is C9H22N2OS. The van der Waals surface area contributed by atoms with Crippen molar-refractivity contribution >= 4 is 11.0 Å². The van der Waals surface area contributed by atoms with Crippen molar-refractivity contribution in [3.8, 4) is 0 Å². The first-order valence-corrected chi connectivity index (χ1v) is 6.41. The van der Waals surface area contributed by atoms with Crippen LogP contribution >= 0.6 is 0 Å². The van der Waals surface area contributed by atoms with Crippen LogP contribution in [-0.4, -0.2) is 52.4 Å². The molecule has 4 heteroatoms. The van der Waals surface area contributed by atoms with Gasteiger partial charge in [0.15, 0.2) is 0 Å². The Balaban J connectivity index is 0.000000671. The van der Waals surface area contributed by atoms with Crippen molar-refractivity contribution in [3.05, 3.63) is 0 Å². The molecule has 1 aliphatic heterocycles. The Morgan fingerprint density at radius 2 is 1.85 bits per heavy atom. The zero-order chi connectivity index (χ0) is 10.4. The molecule has 2 unspecified atom stereocenters. The number of likely N-dealkylation sites (N-methyl/N-ethyl adjacent to an activating group) is 1. The van der Waals surface area contributed by atoms with Gasteiger partial charge < -0.3 is 4.90 Å². The van der Waals surface area contributed by atoms with Crippen LogP contribution in [0.1, 0.15) is 20.8 Å². The number of hydrogen-bond donors (Lipinski definition) is 0. The first kappa shape index (κ1) is 13.1. The molecule has 0 spiro atoms. The summed E-state index contributed by atoms with van der Waals surface area (Å²) in [4.78, 5) is 2.27. The van der Waals surface area contributed by atoms with Crippen molar-refractivity contribution in [1.82, 2.24) is 9.21 Å². The molecule has 0 radical (unpaired) electrons. The Hall–Kier alpha value is 0.0700. The van der Waals surface area contributed by atoms with Crippen molar-refractivity contribution in [2.24, 2.45) is 0 Å². The van der Waals surface area contributed by atoms with Crippen LogP contribution in [-0.2, 0) is 11.0 Å². The molecule has 3 nitrogen and oxygen atoms in total. The highest BCUT2D eigenvalue weighted by atomic mass is 32.2. The topological polar surface area (TPSA) is 23.6 Å². The number of hydrogen-bond acceptors (Lipinski definition) is 2. The third-order valence-corrected chi connectivity index (χ3v) is 3.30. The van der Waals surface area contributed by atoms with Crippen LogP contribution in [0.2, 0.25) is 0 Å². The van der Waals surface area contributed by atoms with E-state index in [0.717, 1.165) is 19.6 Å². The maximum Gasteiger partial charge on any atom is 0.0914 e. The third-order valence-electron chi connectivity index (χ3n) is 2.10. The highest BCUT2D eigenvalue weighted by Gasteiger charge is 2.23. The van der Waals surface area contributed by atoms with Crippen molar-refractivity contribution in [2.45, 2.75) is 26.8 Å². The van der Waals surface area contributed by atoms with E-state index in [2.05, 4.69) is 18.9 Å². The van der Waals surface area contributed by atoms with Crippen LogP contribution in [0.3, 0.4) is 0 Å². The van der Waals surface area contributed by atoms with E-state index < -0.39 is 11.0 Å². The fourth-order valence-electron chi connectivity index (χ4n) is 1.51. The van der Waals surface area contributed by atoms with E-state index >= 15 is 0 Å². The number of nitrogens with zero attached hydrogens (tertiary/aromatic N) is 2. The molecule has 0 N–H and O–H groups in total. The maximum atomic E-state index is 11.1. The Bertz CT molecular complexity index is 164. The van der Waals surface area contributed by atoms with E-state index in [-0.39, 0.29) is 0 Å². The summed E-state index contributed by atoms with van der Waals surface area (Å²) in [7, 11) is 1.31. The van der Waals surface area contributed by atoms with Crippen molar-refractivity contribution in [2.75, 3.05) is 32.9 Å². The van der Waals surface area contributed by atoms with Gasteiger partial charge in [-0.25, -0.2) is 8.51 Å². The molecule has 0 amide bonds. The van der Waals surface area contributed by atoms with Gasteiger partial charge in [-0.05, 0) is 14.0 Å². The van der Waals surface area contributed by atoms with Crippen LogP contribution in [0, 0.1) is 0 Å². The normalized spacial score (nSPS) is 27.6. The van der Waals surface area contributed by atoms with Crippen LogP contribution < -0.4 is 0 Å². The monoisotopic (exact) mass is 206 g/mol. The average Bonchev–Trinajstić information content (AvgIpc) is 2.07. The summed E-state index contributed by atoms with van der Waals surface area (Å²) in [5, 5.41) is 0. The van der Waals surface area contributed by atoms with E-state index in [1.807, 2.05) is 18.2 Å². The highest BCUT2D eigenvalue weighted by Crippen LogP contribution is 2.08. The molecule has 0 saturated carbocycles. The molecular weight excluding hydrogens is 184 g/mol. The zero-order valence-corrected chi connectivity index (χ0v) is 10.2. The standard InChI is InChI=1S/C7H16N2OS.C2H6/c1-7-6-8(2)4-5-9(7)11(3)10;1-2/h7H,4-6H2,1-3H3;1-2H3. The third kappa shape index (κ3) is 4.20. The Morgan fingerprint density at radius 1 is 1.31 bits per heavy atom. The second-order valence-electron chi connectivity index (χ2n) is 3.18. The van der Waals surface area contributed by atoms with E-state index in [1.54, 1.807) is 6.26 Å². The molecule has 2 atom stereocenters. The first-order valence-electron chi connectivity index (χ1n) is 4.90. The van der Waals surface area contributed by atoms with Gasteiger partial charge in [0.25, 0.3) is 0 Å². The summed E-state index contributed by atoms with van der Waals surface area (Å²) in [6.07, 6.45) is 1.75. The van der Waals surface area contributed by atoms with E-state index in [9.17, 15) is 4.21 Å². The van der Waals surface area contributed by atoms with Crippen molar-refractivity contribution in [1.29, 1.82) is 0 Å². The van der Waals surface area contributed by atoms with Crippen LogP contribution in [0.4, 0.5) is 0 Å². The molecule has 1 fully saturated rings. The van der Waals surface area contributed by atoms with Gasteiger partial charge in [0, 0.05) is 31.9 Å². The molecule has 0 aromatic heterocycles. The van der Waals surface area contributed by atoms with Gasteiger partial charge in [-0.15, -0.1) is 0 Å². The lowest BCUT2D eigenvalue weighted by Gasteiger charge is -2.36. The molecule has 1 saturated heterocycles. The molecule has 0 aliphatic carbocycles. The highest BCUT2D eigenvalue weighted by molar-refractivity contribution is 7.81. The first-order chi connectivity index (χ1) is 6.11. The molecule has 80 valence electrons. The lowest BCUT2D eigenvalue weighted by atomic mass is 10.2. The van der Waals surface area contributed by atoms with E-state index in [4.69, 9.17) is 0 Å². The van der Waals surface area contributed by atoms with Crippen LogP contribution in [0.5, 0.6) is 0 Å². The summed E-state index contributed by atoms with van der Waals surface area (Å²) in [5.74, 6) is 0. The molecule has 1 rings (SSSR count). The van der Waals surface area contributed by atoms with Gasteiger partial charge in [-0.1, -0.05) is 13.8 Å². The largest absolute Gasteiger partial charge is 0.303 e. The molecule has 0 aromatic rings. The van der Waals surface area contributed by atoms with E-state index in [1.165, 1.54) is 0 Å². The summed E-state index contributed by atoms with van der Waals surface area (Å²) in [5.41, 5.74) is 0. The summed E-state index contributed by atoms with van der Waals surface area (Å²) in [6, 6.07) is 0.430. The Kier molecular flexibility index (Phi) is 6.55. The second kappa shape index (κ2) is 6.51. The predicted molar refractivity (Wildman–Crippen MR) is 59.1 cm³/mol. The van der Waals surface area contributed by atoms with Crippen LogP contribution in [0.25, 0.3) is 0 Å². The zero-order valence-electron chi connectivity index (χ0n) is 9.41. The van der Waals surface area contributed by atoms with E-state index in [0.29, 0.717) is 6.04 Å². The maximum absolute atomic E-state index is 11.1. The smallest absolute Gasteiger partial charge is 0.0914 e. The quantitative estimate of drug-likeness (QED) is 0.637. The number of rotatable bonds is 1. The van der Waals surface area contributed by atoms with Gasteiger partial charge in [0.1, 0.15) is 0 Å². The fourth-order valence-corrected chi connectivity index (χ4v) is 2.42. The molecule has 0 aromatic carbocycles. The SMILES string of the molecule is CC.CC1CN(C)CCN1S(C)=O. The molecule has 0 bridgehead atoms. The van der Waals surface area contributed by atoms with Gasteiger partial charge in [0.05, 0.1) is 11.0 Å². The lowest BCUT2D eigenvalue weighted by Crippen LogP contribution is -2.50. The molecule has 13 heavy (non-hydrogen) atoms. The van der Waals surface area contributed by atoms with Gasteiger partial charge >= 0.3 is 0 Å².